The Morgan fingerprint density at radius 1 is 1.37 bits per heavy atom. The molecule has 2 unspecified atom stereocenters. The van der Waals surface area contributed by atoms with Crippen LogP contribution in [0.3, 0.4) is 0 Å². The van der Waals surface area contributed by atoms with Gasteiger partial charge in [-0.15, -0.1) is 0 Å². The van der Waals surface area contributed by atoms with Gasteiger partial charge in [0.2, 0.25) is 0 Å². The zero-order valence-electron chi connectivity index (χ0n) is 11.3. The normalized spacial score (nSPS) is 23.8. The van der Waals surface area contributed by atoms with Crippen LogP contribution in [-0.2, 0) is 14.9 Å². The highest BCUT2D eigenvalue weighted by Gasteiger charge is 2.46. The smallest absolute Gasteiger partial charge is 0.183 e. The van der Waals surface area contributed by atoms with Gasteiger partial charge in [0.15, 0.2) is 6.29 Å². The highest BCUT2D eigenvalue weighted by molar-refractivity contribution is 5.43. The fourth-order valence-electron chi connectivity index (χ4n) is 2.74. The molecule has 106 valence electrons. The Kier molecular flexibility index (Phi) is 4.42. The van der Waals surface area contributed by atoms with E-state index in [-0.39, 0.29) is 0 Å². The van der Waals surface area contributed by atoms with Crippen LogP contribution in [0.15, 0.2) is 24.3 Å². The van der Waals surface area contributed by atoms with E-state index in [0.717, 1.165) is 11.3 Å². The van der Waals surface area contributed by atoms with Crippen molar-refractivity contribution in [2.24, 2.45) is 5.73 Å². The zero-order chi connectivity index (χ0) is 13.9. The molecular weight excluding hydrogens is 246 g/mol. The molecular formula is C14H21NO4. The Balaban J connectivity index is 2.44. The number of nitrogens with two attached hydrogens (primary N) is 1. The van der Waals surface area contributed by atoms with Crippen molar-refractivity contribution in [3.8, 4) is 5.75 Å². The molecule has 5 heteroatoms. The molecule has 0 aliphatic carbocycles. The molecule has 0 bridgehead atoms. The Labute approximate surface area is 113 Å². The summed E-state index contributed by atoms with van der Waals surface area (Å²) in [6.07, 6.45) is -0.933. The summed E-state index contributed by atoms with van der Waals surface area (Å²) in [6.45, 7) is 0.823. The van der Waals surface area contributed by atoms with Gasteiger partial charge in [0, 0.05) is 31.7 Å². The molecule has 0 saturated heterocycles. The van der Waals surface area contributed by atoms with E-state index < -0.39 is 17.8 Å². The van der Waals surface area contributed by atoms with Gasteiger partial charge in [-0.3, -0.25) is 0 Å². The van der Waals surface area contributed by atoms with Gasteiger partial charge in [0.1, 0.15) is 11.9 Å². The maximum absolute atomic E-state index is 10.6. The van der Waals surface area contributed by atoms with E-state index in [2.05, 4.69) is 0 Å². The third kappa shape index (κ3) is 2.34. The van der Waals surface area contributed by atoms with Crippen LogP contribution in [-0.4, -0.2) is 44.9 Å². The number of aliphatic hydroxyl groups is 1. The number of ether oxygens (including phenoxy) is 3. The topological polar surface area (TPSA) is 73.9 Å². The summed E-state index contributed by atoms with van der Waals surface area (Å²) in [6, 6.07) is 7.65. The van der Waals surface area contributed by atoms with E-state index in [0.29, 0.717) is 19.6 Å². The molecule has 5 nitrogen and oxygen atoms in total. The van der Waals surface area contributed by atoms with Crippen molar-refractivity contribution in [3.63, 3.8) is 0 Å². The van der Waals surface area contributed by atoms with Crippen LogP contribution in [0.2, 0.25) is 0 Å². The molecule has 0 amide bonds. The van der Waals surface area contributed by atoms with Gasteiger partial charge in [0.25, 0.3) is 0 Å². The lowest BCUT2D eigenvalue weighted by Crippen LogP contribution is -2.54. The summed E-state index contributed by atoms with van der Waals surface area (Å²) < 4.78 is 16.0. The molecule has 19 heavy (non-hydrogen) atoms. The number of para-hydroxylation sites is 1. The first-order valence-corrected chi connectivity index (χ1v) is 6.35. The van der Waals surface area contributed by atoms with Gasteiger partial charge in [0.05, 0.1) is 6.61 Å². The number of aliphatic hydroxyl groups excluding tert-OH is 1. The van der Waals surface area contributed by atoms with Crippen molar-refractivity contribution in [2.75, 3.05) is 27.4 Å². The lowest BCUT2D eigenvalue weighted by Gasteiger charge is -2.43. The van der Waals surface area contributed by atoms with E-state index in [9.17, 15) is 5.11 Å². The first kappa shape index (κ1) is 14.3. The quantitative estimate of drug-likeness (QED) is 0.766. The fraction of sp³-hybridized carbons (Fsp3) is 0.571. The van der Waals surface area contributed by atoms with Crippen LogP contribution in [0.4, 0.5) is 0 Å². The number of hydrogen-bond donors (Lipinski definition) is 2. The SMILES string of the molecule is COC(OC)C(O)C1(CN)CCOc2ccccc21. The van der Waals surface area contributed by atoms with Crippen molar-refractivity contribution in [2.45, 2.75) is 24.2 Å². The third-order valence-corrected chi connectivity index (χ3v) is 3.88. The number of fused-ring (bicyclic) bond motifs is 1. The third-order valence-electron chi connectivity index (χ3n) is 3.88. The molecule has 3 N–H and O–H groups in total. The number of benzene rings is 1. The predicted molar refractivity (Wildman–Crippen MR) is 71.1 cm³/mol. The van der Waals surface area contributed by atoms with Crippen molar-refractivity contribution in [3.05, 3.63) is 29.8 Å². The van der Waals surface area contributed by atoms with Gasteiger partial charge >= 0.3 is 0 Å². The highest BCUT2D eigenvalue weighted by Crippen LogP contribution is 2.41. The van der Waals surface area contributed by atoms with Gasteiger partial charge in [-0.25, -0.2) is 0 Å². The predicted octanol–water partition coefficient (Wildman–Crippen LogP) is 0.645. The molecule has 2 rings (SSSR count). The van der Waals surface area contributed by atoms with Gasteiger partial charge in [-0.2, -0.15) is 0 Å². The zero-order valence-corrected chi connectivity index (χ0v) is 11.3. The van der Waals surface area contributed by atoms with Crippen LogP contribution in [0.1, 0.15) is 12.0 Å². The molecule has 0 radical (unpaired) electrons. The number of rotatable bonds is 5. The second-order valence-electron chi connectivity index (χ2n) is 4.74. The van der Waals surface area contributed by atoms with E-state index in [1.54, 1.807) is 0 Å². The average molecular weight is 267 g/mol. The van der Waals surface area contributed by atoms with Crippen molar-refractivity contribution in [1.29, 1.82) is 0 Å². The second-order valence-corrected chi connectivity index (χ2v) is 4.74. The lowest BCUT2D eigenvalue weighted by atomic mass is 9.71. The maximum Gasteiger partial charge on any atom is 0.183 e. The molecule has 0 aromatic heterocycles. The van der Waals surface area contributed by atoms with Crippen molar-refractivity contribution >= 4 is 0 Å². The molecule has 1 aliphatic heterocycles. The molecule has 1 heterocycles. The fourth-order valence-corrected chi connectivity index (χ4v) is 2.74. The monoisotopic (exact) mass is 267 g/mol. The minimum absolute atomic E-state index is 0.303. The van der Waals surface area contributed by atoms with Crippen LogP contribution in [0, 0.1) is 0 Å². The molecule has 1 aromatic carbocycles. The minimum Gasteiger partial charge on any atom is -0.493 e. The largest absolute Gasteiger partial charge is 0.493 e. The standard InChI is InChI=1S/C14H21NO4/c1-17-13(18-2)12(16)14(9-15)7-8-19-11-6-4-3-5-10(11)14/h3-6,12-13,16H,7-9,15H2,1-2H3. The molecule has 0 saturated carbocycles. The maximum atomic E-state index is 10.6. The molecule has 0 fully saturated rings. The van der Waals surface area contributed by atoms with E-state index in [4.69, 9.17) is 19.9 Å². The minimum atomic E-state index is -0.849. The summed E-state index contributed by atoms with van der Waals surface area (Å²) in [7, 11) is 3.01. The molecule has 1 aromatic rings. The van der Waals surface area contributed by atoms with Crippen LogP contribution in [0.5, 0.6) is 5.75 Å². The summed E-state index contributed by atoms with van der Waals surface area (Å²) in [4.78, 5) is 0. The second kappa shape index (κ2) is 5.88. The van der Waals surface area contributed by atoms with Crippen LogP contribution in [0.25, 0.3) is 0 Å². The van der Waals surface area contributed by atoms with Crippen LogP contribution >= 0.6 is 0 Å². The van der Waals surface area contributed by atoms with Crippen LogP contribution < -0.4 is 10.5 Å². The molecule has 0 spiro atoms. The summed E-state index contributed by atoms with van der Waals surface area (Å²) >= 11 is 0. The van der Waals surface area contributed by atoms with Gasteiger partial charge in [-0.1, -0.05) is 18.2 Å². The summed E-state index contributed by atoms with van der Waals surface area (Å²) in [5.41, 5.74) is 6.28. The Morgan fingerprint density at radius 3 is 2.68 bits per heavy atom. The van der Waals surface area contributed by atoms with Gasteiger partial charge < -0.3 is 25.1 Å². The number of methoxy groups -OCH3 is 2. The van der Waals surface area contributed by atoms with Crippen molar-refractivity contribution < 1.29 is 19.3 Å². The summed E-state index contributed by atoms with van der Waals surface area (Å²) in [5, 5.41) is 10.6. The molecule has 2 atom stereocenters. The molecule has 1 aliphatic rings. The van der Waals surface area contributed by atoms with E-state index in [1.807, 2.05) is 24.3 Å². The number of hydrogen-bond acceptors (Lipinski definition) is 5. The van der Waals surface area contributed by atoms with Gasteiger partial charge in [-0.05, 0) is 12.5 Å². The van der Waals surface area contributed by atoms with Crippen molar-refractivity contribution in [1.82, 2.24) is 0 Å². The average Bonchev–Trinajstić information content (AvgIpc) is 2.47. The lowest BCUT2D eigenvalue weighted by molar-refractivity contribution is -0.186. The highest BCUT2D eigenvalue weighted by atomic mass is 16.7. The van der Waals surface area contributed by atoms with E-state index in [1.165, 1.54) is 14.2 Å². The summed E-state index contributed by atoms with van der Waals surface area (Å²) in [5.74, 6) is 0.768. The first-order valence-electron chi connectivity index (χ1n) is 6.35. The Morgan fingerprint density at radius 2 is 2.05 bits per heavy atom. The Bertz CT molecular complexity index is 422. The Hall–Kier alpha value is -1.14. The van der Waals surface area contributed by atoms with E-state index >= 15 is 0 Å². The first-order chi connectivity index (χ1) is 9.19.